The molecule has 0 spiro atoms. The molecule has 0 radical (unpaired) electrons. The first kappa shape index (κ1) is 25.3. The van der Waals surface area contributed by atoms with E-state index in [1.165, 1.54) is 17.5 Å². The maximum absolute atomic E-state index is 15.2. The van der Waals surface area contributed by atoms with E-state index in [9.17, 15) is 17.6 Å². The van der Waals surface area contributed by atoms with Crippen molar-refractivity contribution in [3.8, 4) is 10.4 Å². The van der Waals surface area contributed by atoms with E-state index in [1.807, 2.05) is 0 Å². The van der Waals surface area contributed by atoms with Gasteiger partial charge in [0.25, 0.3) is 5.13 Å². The second-order valence-electron chi connectivity index (χ2n) is 7.64. The van der Waals surface area contributed by atoms with Crippen LogP contribution in [0.3, 0.4) is 0 Å². The number of anilines is 1. The van der Waals surface area contributed by atoms with Gasteiger partial charge in [0, 0.05) is 41.2 Å². The second kappa shape index (κ2) is 10.4. The number of nitrogens with zero attached hydrogens (tertiary/aromatic N) is 2. The van der Waals surface area contributed by atoms with E-state index in [1.54, 1.807) is 43.0 Å². The Balaban J connectivity index is 1.71. The normalized spacial score (nSPS) is 11.9. The van der Waals surface area contributed by atoms with Gasteiger partial charge in [0.1, 0.15) is 17.7 Å². The van der Waals surface area contributed by atoms with Gasteiger partial charge < -0.3 is 10.4 Å². The van der Waals surface area contributed by atoms with Gasteiger partial charge in [-0.25, -0.2) is 22.2 Å². The van der Waals surface area contributed by atoms with Crippen molar-refractivity contribution in [1.29, 1.82) is 5.41 Å². The molecular formula is C23H21F2N6O3S2+. The number of ketones is 1. The zero-order valence-electron chi connectivity index (χ0n) is 18.9. The van der Waals surface area contributed by atoms with Gasteiger partial charge in [-0.3, -0.25) is 14.8 Å². The van der Waals surface area contributed by atoms with E-state index < -0.39 is 38.7 Å². The molecule has 0 aliphatic heterocycles. The molecule has 0 fully saturated rings. The van der Waals surface area contributed by atoms with Crippen molar-refractivity contribution >= 4 is 55.2 Å². The number of halogens is 2. The van der Waals surface area contributed by atoms with Gasteiger partial charge >= 0.3 is 0 Å². The molecule has 0 unspecified atom stereocenters. The molecule has 0 amide bonds. The largest absolute Gasteiger partial charge is 0.345 e. The first-order valence-corrected chi connectivity index (χ1v) is 13.2. The van der Waals surface area contributed by atoms with E-state index in [4.69, 9.17) is 5.41 Å². The number of hydrogen-bond acceptors (Lipinski definition) is 7. The quantitative estimate of drug-likeness (QED) is 0.182. The standard InChI is InChI=1S/C23H20F2N6O3S2/c1-2-8-36(33,34)31-17-5-4-16(24)19(20(17)25)21(32)15-11-29-22-14(15)9-13(10-28-22)18-12-30-23(35-18)27-7-3-6-26/h3-7,9-12,26,31H,2,8H2,1H3,(H,27,30)(H,28,29)/p+1/b7-3-,26-6?. The fourth-order valence-corrected chi connectivity index (χ4v) is 5.42. The number of aromatic amines is 1. The number of carbonyl (C=O) groups excluding carboxylic acids is 1. The number of nitrogens with two attached hydrogens (primary N) is 1. The predicted octanol–water partition coefficient (Wildman–Crippen LogP) is 3.71. The Morgan fingerprint density at radius 2 is 2.08 bits per heavy atom. The van der Waals surface area contributed by atoms with Crippen molar-refractivity contribution in [2.75, 3.05) is 10.5 Å². The highest BCUT2D eigenvalue weighted by atomic mass is 32.2. The molecule has 186 valence electrons. The first-order valence-electron chi connectivity index (χ1n) is 10.7. The molecule has 0 aliphatic rings. The molecule has 0 bridgehead atoms. The fourth-order valence-electron chi connectivity index (χ4n) is 3.48. The number of thiazole rings is 1. The van der Waals surface area contributed by atoms with Crippen LogP contribution in [0.15, 0.2) is 49.1 Å². The number of rotatable bonds is 10. The average molecular weight is 532 g/mol. The van der Waals surface area contributed by atoms with E-state index in [2.05, 4.69) is 19.7 Å². The molecule has 0 saturated carbocycles. The Hall–Kier alpha value is -3.81. The Morgan fingerprint density at radius 3 is 2.83 bits per heavy atom. The SMILES string of the molecule is CCCS(=O)(=O)Nc1ccc(F)c(C(=O)c2c[nH]c3ncc(-c4cnc([NH2+]/C=C\C=N)s4)cc23)c1F. The lowest BCUT2D eigenvalue weighted by Gasteiger charge is -2.11. The maximum atomic E-state index is 15.2. The second-order valence-corrected chi connectivity index (χ2v) is 10.5. The van der Waals surface area contributed by atoms with Crippen LogP contribution in [0.4, 0.5) is 19.6 Å². The smallest absolute Gasteiger partial charge is 0.287 e. The number of aromatic nitrogens is 3. The number of fused-ring (bicyclic) bond motifs is 1. The number of hydrogen-bond donors (Lipinski definition) is 4. The van der Waals surface area contributed by atoms with E-state index >= 15 is 4.39 Å². The average Bonchev–Trinajstić information content (AvgIpc) is 3.48. The summed E-state index contributed by atoms with van der Waals surface area (Å²) in [7, 11) is -3.86. The summed E-state index contributed by atoms with van der Waals surface area (Å²) in [4.78, 5) is 25.4. The Bertz CT molecular complexity index is 1590. The minimum absolute atomic E-state index is 0.0177. The van der Waals surface area contributed by atoms with Crippen molar-refractivity contribution in [2.45, 2.75) is 13.3 Å². The van der Waals surface area contributed by atoms with Gasteiger partial charge in [0.05, 0.1) is 28.1 Å². The summed E-state index contributed by atoms with van der Waals surface area (Å²) in [5, 5.41) is 9.79. The summed E-state index contributed by atoms with van der Waals surface area (Å²) in [6.45, 7) is 1.65. The van der Waals surface area contributed by atoms with Crippen LogP contribution in [0, 0.1) is 17.0 Å². The fraction of sp³-hybridized carbons (Fsp3) is 0.130. The number of quaternary nitrogens is 1. The van der Waals surface area contributed by atoms with Gasteiger partial charge in [-0.1, -0.05) is 18.3 Å². The van der Waals surface area contributed by atoms with Gasteiger partial charge in [-0.15, -0.1) is 0 Å². The van der Waals surface area contributed by atoms with Crippen LogP contribution < -0.4 is 10.0 Å². The molecule has 36 heavy (non-hydrogen) atoms. The predicted molar refractivity (Wildman–Crippen MR) is 134 cm³/mol. The number of carbonyl (C=O) groups is 1. The van der Waals surface area contributed by atoms with E-state index in [-0.39, 0.29) is 11.3 Å². The minimum Gasteiger partial charge on any atom is -0.345 e. The van der Waals surface area contributed by atoms with Gasteiger partial charge in [0.15, 0.2) is 5.82 Å². The van der Waals surface area contributed by atoms with Crippen LogP contribution in [0.1, 0.15) is 29.3 Å². The summed E-state index contributed by atoms with van der Waals surface area (Å²) in [5.74, 6) is -3.62. The van der Waals surface area contributed by atoms with Crippen molar-refractivity contribution < 1.29 is 27.3 Å². The first-order chi connectivity index (χ1) is 17.2. The van der Waals surface area contributed by atoms with Crippen LogP contribution in [0.2, 0.25) is 0 Å². The molecule has 0 aliphatic carbocycles. The molecule has 3 heterocycles. The van der Waals surface area contributed by atoms with Crippen LogP contribution in [0.25, 0.3) is 21.5 Å². The lowest BCUT2D eigenvalue weighted by atomic mass is 10.0. The molecular weight excluding hydrogens is 510 g/mol. The van der Waals surface area contributed by atoms with Crippen molar-refractivity contribution in [2.24, 2.45) is 0 Å². The van der Waals surface area contributed by atoms with E-state index in [0.717, 1.165) is 23.2 Å². The van der Waals surface area contributed by atoms with E-state index in [0.29, 0.717) is 28.1 Å². The van der Waals surface area contributed by atoms with Crippen LogP contribution in [-0.2, 0) is 10.0 Å². The summed E-state index contributed by atoms with van der Waals surface area (Å²) < 4.78 is 56.0. The minimum atomic E-state index is -3.86. The molecule has 0 atom stereocenters. The third-order valence-electron chi connectivity index (χ3n) is 5.09. The molecule has 1 aromatic carbocycles. The zero-order chi connectivity index (χ0) is 25.9. The molecule has 9 nitrogen and oxygen atoms in total. The topological polar surface area (TPSA) is 145 Å². The van der Waals surface area contributed by atoms with Crippen molar-refractivity contribution in [1.82, 2.24) is 15.0 Å². The van der Waals surface area contributed by atoms with Gasteiger partial charge in [-0.2, -0.15) is 4.98 Å². The highest BCUT2D eigenvalue weighted by Crippen LogP contribution is 2.31. The summed E-state index contributed by atoms with van der Waals surface area (Å²) in [6.07, 6.45) is 9.21. The summed E-state index contributed by atoms with van der Waals surface area (Å²) in [6, 6.07) is 3.46. The number of nitrogens with one attached hydrogen (secondary N) is 3. The highest BCUT2D eigenvalue weighted by Gasteiger charge is 2.26. The van der Waals surface area contributed by atoms with Crippen LogP contribution in [0.5, 0.6) is 0 Å². The molecule has 4 aromatic rings. The third kappa shape index (κ3) is 5.22. The molecule has 0 saturated heterocycles. The van der Waals surface area contributed by atoms with Gasteiger partial charge in [0.2, 0.25) is 15.8 Å². The molecule has 13 heteroatoms. The molecule has 5 N–H and O–H groups in total. The van der Waals surface area contributed by atoms with Gasteiger partial charge in [-0.05, 0) is 24.6 Å². The lowest BCUT2D eigenvalue weighted by Crippen LogP contribution is -2.70. The van der Waals surface area contributed by atoms with Crippen LogP contribution in [-0.4, -0.2) is 41.1 Å². The van der Waals surface area contributed by atoms with Crippen molar-refractivity contribution in [3.63, 3.8) is 0 Å². The third-order valence-corrected chi connectivity index (χ3v) is 7.57. The Morgan fingerprint density at radius 1 is 1.28 bits per heavy atom. The number of allylic oxidation sites excluding steroid dienone is 1. The molecule has 3 aromatic heterocycles. The number of pyridine rings is 1. The zero-order valence-corrected chi connectivity index (χ0v) is 20.5. The number of H-pyrrole nitrogens is 1. The number of sulfonamides is 1. The van der Waals surface area contributed by atoms with Crippen LogP contribution >= 0.6 is 11.3 Å². The number of benzene rings is 1. The summed E-state index contributed by atoms with van der Waals surface area (Å²) in [5.41, 5.74) is -0.404. The summed E-state index contributed by atoms with van der Waals surface area (Å²) >= 11 is 1.36. The Labute approximate surface area is 208 Å². The molecule has 4 rings (SSSR count). The monoisotopic (exact) mass is 531 g/mol. The maximum Gasteiger partial charge on any atom is 0.287 e. The lowest BCUT2D eigenvalue weighted by molar-refractivity contribution is -0.495. The highest BCUT2D eigenvalue weighted by molar-refractivity contribution is 7.92. The van der Waals surface area contributed by atoms with Crippen molar-refractivity contribution in [3.05, 3.63) is 71.8 Å². The Kier molecular flexibility index (Phi) is 7.33.